The molecule has 1 fully saturated rings. The summed E-state index contributed by atoms with van der Waals surface area (Å²) in [4.78, 5) is 4.14. The molecule has 1 aliphatic carbocycles. The van der Waals surface area contributed by atoms with Crippen LogP contribution >= 0.6 is 11.3 Å². The SMILES string of the molecule is c1nc(-c2nnc(CCCNC3CC3)o2)cs1. The topological polar surface area (TPSA) is 63.8 Å². The molecule has 1 N–H and O–H groups in total. The normalized spacial score (nSPS) is 15.3. The molecule has 2 heterocycles. The van der Waals surface area contributed by atoms with Crippen molar-refractivity contribution in [3.05, 3.63) is 16.8 Å². The van der Waals surface area contributed by atoms with Crippen molar-refractivity contribution in [2.24, 2.45) is 0 Å². The van der Waals surface area contributed by atoms with Crippen LogP contribution in [-0.2, 0) is 6.42 Å². The molecule has 0 atom stereocenters. The quantitative estimate of drug-likeness (QED) is 0.793. The van der Waals surface area contributed by atoms with Gasteiger partial charge in [-0.25, -0.2) is 4.98 Å². The number of thiazole rings is 1. The van der Waals surface area contributed by atoms with Gasteiger partial charge in [0.05, 0.1) is 5.51 Å². The lowest BCUT2D eigenvalue weighted by atomic mass is 10.3. The first-order chi connectivity index (χ1) is 8.42. The Hall–Kier alpha value is -1.27. The summed E-state index contributed by atoms with van der Waals surface area (Å²) in [5.41, 5.74) is 2.53. The Morgan fingerprint density at radius 2 is 2.35 bits per heavy atom. The number of rotatable bonds is 6. The fourth-order valence-corrected chi connectivity index (χ4v) is 2.14. The number of hydrogen-bond acceptors (Lipinski definition) is 6. The minimum absolute atomic E-state index is 0.524. The molecule has 17 heavy (non-hydrogen) atoms. The molecule has 5 nitrogen and oxygen atoms in total. The van der Waals surface area contributed by atoms with Crippen molar-refractivity contribution in [1.82, 2.24) is 20.5 Å². The number of nitrogens with one attached hydrogen (secondary N) is 1. The van der Waals surface area contributed by atoms with E-state index in [1.54, 1.807) is 5.51 Å². The molecule has 0 unspecified atom stereocenters. The maximum absolute atomic E-state index is 5.54. The second kappa shape index (κ2) is 4.93. The molecule has 0 bridgehead atoms. The zero-order valence-electron chi connectivity index (χ0n) is 9.43. The van der Waals surface area contributed by atoms with Gasteiger partial charge < -0.3 is 9.73 Å². The van der Waals surface area contributed by atoms with Crippen molar-refractivity contribution in [3.63, 3.8) is 0 Å². The highest BCUT2D eigenvalue weighted by Gasteiger charge is 2.19. The molecule has 0 amide bonds. The predicted molar refractivity (Wildman–Crippen MR) is 64.8 cm³/mol. The van der Waals surface area contributed by atoms with Crippen LogP contribution in [0.25, 0.3) is 11.6 Å². The highest BCUT2D eigenvalue weighted by atomic mass is 32.1. The summed E-state index contributed by atoms with van der Waals surface area (Å²) in [5, 5.41) is 13.4. The molecule has 1 saturated carbocycles. The van der Waals surface area contributed by atoms with Gasteiger partial charge in [-0.05, 0) is 25.8 Å². The lowest BCUT2D eigenvalue weighted by molar-refractivity contribution is 0.490. The average molecular weight is 250 g/mol. The van der Waals surface area contributed by atoms with E-state index in [1.807, 2.05) is 5.38 Å². The summed E-state index contributed by atoms with van der Waals surface area (Å²) < 4.78 is 5.54. The summed E-state index contributed by atoms with van der Waals surface area (Å²) in [6, 6.07) is 0.767. The largest absolute Gasteiger partial charge is 0.419 e. The van der Waals surface area contributed by atoms with Crippen LogP contribution in [-0.4, -0.2) is 27.8 Å². The molecule has 1 aliphatic rings. The van der Waals surface area contributed by atoms with E-state index in [-0.39, 0.29) is 0 Å². The third kappa shape index (κ3) is 2.89. The van der Waals surface area contributed by atoms with Gasteiger partial charge in [0.25, 0.3) is 5.89 Å². The summed E-state index contributed by atoms with van der Waals surface area (Å²) in [6.45, 7) is 1.03. The van der Waals surface area contributed by atoms with Crippen LogP contribution in [0.5, 0.6) is 0 Å². The summed E-state index contributed by atoms with van der Waals surface area (Å²) in [6.07, 6.45) is 4.52. The van der Waals surface area contributed by atoms with Crippen molar-refractivity contribution in [2.45, 2.75) is 31.7 Å². The van der Waals surface area contributed by atoms with Crippen LogP contribution in [0.4, 0.5) is 0 Å². The minimum Gasteiger partial charge on any atom is -0.419 e. The van der Waals surface area contributed by atoms with Gasteiger partial charge in [0.1, 0.15) is 5.69 Å². The minimum atomic E-state index is 0.524. The van der Waals surface area contributed by atoms with E-state index >= 15 is 0 Å². The van der Waals surface area contributed by atoms with Crippen LogP contribution < -0.4 is 5.32 Å². The van der Waals surface area contributed by atoms with Crippen LogP contribution in [0.1, 0.15) is 25.2 Å². The molecule has 0 radical (unpaired) electrons. The Labute approximate surface area is 103 Å². The third-order valence-electron chi connectivity index (χ3n) is 2.70. The first-order valence-electron chi connectivity index (χ1n) is 5.86. The molecular formula is C11H14N4OS. The molecule has 0 saturated heterocycles. The molecule has 0 aliphatic heterocycles. The summed E-state index contributed by atoms with van der Waals surface area (Å²) in [7, 11) is 0. The number of nitrogens with zero attached hydrogens (tertiary/aromatic N) is 3. The summed E-state index contributed by atoms with van der Waals surface area (Å²) in [5.74, 6) is 1.22. The van der Waals surface area contributed by atoms with Crippen molar-refractivity contribution < 1.29 is 4.42 Å². The maximum atomic E-state index is 5.54. The van der Waals surface area contributed by atoms with Gasteiger partial charge in [-0.15, -0.1) is 21.5 Å². The highest BCUT2D eigenvalue weighted by molar-refractivity contribution is 7.07. The van der Waals surface area contributed by atoms with Gasteiger partial charge in [0, 0.05) is 17.8 Å². The maximum Gasteiger partial charge on any atom is 0.267 e. The van der Waals surface area contributed by atoms with E-state index in [4.69, 9.17) is 4.42 Å². The van der Waals surface area contributed by atoms with Crippen LogP contribution in [0.2, 0.25) is 0 Å². The Kier molecular flexibility index (Phi) is 3.15. The molecule has 6 heteroatoms. The predicted octanol–water partition coefficient (Wildman–Crippen LogP) is 1.88. The average Bonchev–Trinajstić information content (AvgIpc) is 2.84. The van der Waals surface area contributed by atoms with E-state index in [2.05, 4.69) is 20.5 Å². The van der Waals surface area contributed by atoms with Gasteiger partial charge >= 0.3 is 0 Å². The van der Waals surface area contributed by atoms with Crippen LogP contribution in [0, 0.1) is 0 Å². The molecule has 0 aromatic carbocycles. The second-order valence-electron chi connectivity index (χ2n) is 4.21. The van der Waals surface area contributed by atoms with Gasteiger partial charge in [-0.2, -0.15) is 0 Å². The Morgan fingerprint density at radius 3 is 3.12 bits per heavy atom. The zero-order chi connectivity index (χ0) is 11.5. The first kappa shape index (κ1) is 10.9. The number of aryl methyl sites for hydroxylation is 1. The molecular weight excluding hydrogens is 236 g/mol. The summed E-state index contributed by atoms with van der Waals surface area (Å²) >= 11 is 1.53. The van der Waals surface area contributed by atoms with Crippen LogP contribution in [0.15, 0.2) is 15.3 Å². The number of hydrogen-bond donors (Lipinski definition) is 1. The Balaban J connectivity index is 1.50. The lowest BCUT2D eigenvalue weighted by Gasteiger charge is -1.99. The molecule has 2 aromatic rings. The van der Waals surface area contributed by atoms with E-state index in [9.17, 15) is 0 Å². The first-order valence-corrected chi connectivity index (χ1v) is 6.80. The molecule has 3 rings (SSSR count). The van der Waals surface area contributed by atoms with E-state index in [1.165, 1.54) is 24.2 Å². The van der Waals surface area contributed by atoms with Gasteiger partial charge in [-0.1, -0.05) is 0 Å². The highest BCUT2D eigenvalue weighted by Crippen LogP contribution is 2.19. The van der Waals surface area contributed by atoms with Crippen LogP contribution in [0.3, 0.4) is 0 Å². The fraction of sp³-hybridized carbons (Fsp3) is 0.545. The Bertz CT molecular complexity index is 464. The van der Waals surface area contributed by atoms with Gasteiger partial charge in [0.15, 0.2) is 0 Å². The molecule has 90 valence electrons. The standard InChI is InChI=1S/C11H14N4OS/c1(5-12-8-3-4-8)2-10-14-15-11(16-10)9-6-17-7-13-9/h6-8,12H,1-5H2. The van der Waals surface area contributed by atoms with Crippen molar-refractivity contribution in [1.29, 1.82) is 0 Å². The fourth-order valence-electron chi connectivity index (χ4n) is 1.61. The zero-order valence-corrected chi connectivity index (χ0v) is 10.2. The monoisotopic (exact) mass is 250 g/mol. The number of aromatic nitrogens is 3. The lowest BCUT2D eigenvalue weighted by Crippen LogP contribution is -2.17. The van der Waals surface area contributed by atoms with Crippen molar-refractivity contribution in [2.75, 3.05) is 6.54 Å². The van der Waals surface area contributed by atoms with Gasteiger partial charge in [0.2, 0.25) is 5.89 Å². The smallest absolute Gasteiger partial charge is 0.267 e. The third-order valence-corrected chi connectivity index (χ3v) is 3.28. The van der Waals surface area contributed by atoms with E-state index in [0.29, 0.717) is 11.8 Å². The Morgan fingerprint density at radius 1 is 1.41 bits per heavy atom. The van der Waals surface area contributed by atoms with Crippen molar-refractivity contribution >= 4 is 11.3 Å². The van der Waals surface area contributed by atoms with E-state index < -0.39 is 0 Å². The van der Waals surface area contributed by atoms with E-state index in [0.717, 1.165) is 31.1 Å². The van der Waals surface area contributed by atoms with Crippen molar-refractivity contribution in [3.8, 4) is 11.6 Å². The molecule has 2 aromatic heterocycles. The second-order valence-corrected chi connectivity index (χ2v) is 4.93. The molecule has 0 spiro atoms. The van der Waals surface area contributed by atoms with Gasteiger partial charge in [-0.3, -0.25) is 0 Å².